The van der Waals surface area contributed by atoms with Gasteiger partial charge in [0.2, 0.25) is 0 Å². The van der Waals surface area contributed by atoms with Crippen LogP contribution in [0.25, 0.3) is 0 Å². The van der Waals surface area contributed by atoms with E-state index in [2.05, 4.69) is 24.4 Å². The van der Waals surface area contributed by atoms with Crippen molar-refractivity contribution < 1.29 is 4.79 Å². The number of anilines is 2. The summed E-state index contributed by atoms with van der Waals surface area (Å²) in [5, 5.41) is 2.90. The van der Waals surface area contributed by atoms with E-state index in [9.17, 15) is 4.79 Å². The Kier molecular flexibility index (Phi) is 4.79. The maximum absolute atomic E-state index is 12.1. The van der Waals surface area contributed by atoms with Gasteiger partial charge in [-0.2, -0.15) is 0 Å². The highest BCUT2D eigenvalue weighted by molar-refractivity contribution is 7.14. The minimum atomic E-state index is -0.101. The summed E-state index contributed by atoms with van der Waals surface area (Å²) < 4.78 is 0. The third-order valence-electron chi connectivity index (χ3n) is 3.21. The molecule has 3 nitrogen and oxygen atoms in total. The first-order chi connectivity index (χ1) is 9.60. The number of nitrogens with two attached hydrogens (primary N) is 1. The molecule has 2 rings (SSSR count). The van der Waals surface area contributed by atoms with Gasteiger partial charge >= 0.3 is 0 Å². The zero-order valence-corrected chi connectivity index (χ0v) is 12.7. The summed E-state index contributed by atoms with van der Waals surface area (Å²) in [5.41, 5.74) is 8.57. The summed E-state index contributed by atoms with van der Waals surface area (Å²) in [7, 11) is 0. The van der Waals surface area contributed by atoms with Crippen molar-refractivity contribution in [2.24, 2.45) is 0 Å². The Morgan fingerprint density at radius 3 is 2.55 bits per heavy atom. The van der Waals surface area contributed by atoms with Crippen molar-refractivity contribution in [2.45, 2.75) is 33.1 Å². The van der Waals surface area contributed by atoms with Crippen LogP contribution in [0.2, 0.25) is 0 Å². The van der Waals surface area contributed by atoms with Crippen molar-refractivity contribution in [3.8, 4) is 0 Å². The SMILES string of the molecule is CCCCc1ccc(NC(=O)c2cc(N)c(C)s2)cc1. The van der Waals surface area contributed by atoms with Crippen molar-refractivity contribution >= 4 is 28.6 Å². The van der Waals surface area contributed by atoms with E-state index >= 15 is 0 Å². The molecule has 20 heavy (non-hydrogen) atoms. The molecule has 0 aliphatic heterocycles. The highest BCUT2D eigenvalue weighted by Crippen LogP contribution is 2.24. The average Bonchev–Trinajstić information content (AvgIpc) is 2.78. The van der Waals surface area contributed by atoms with E-state index in [1.807, 2.05) is 19.1 Å². The molecule has 0 spiro atoms. The molecular weight excluding hydrogens is 268 g/mol. The molecule has 0 fully saturated rings. The van der Waals surface area contributed by atoms with Crippen LogP contribution in [0.1, 0.15) is 39.9 Å². The van der Waals surface area contributed by atoms with Crippen molar-refractivity contribution in [1.82, 2.24) is 0 Å². The Balaban J connectivity index is 2.00. The Morgan fingerprint density at radius 2 is 2.00 bits per heavy atom. The van der Waals surface area contributed by atoms with E-state index in [-0.39, 0.29) is 5.91 Å². The van der Waals surface area contributed by atoms with Crippen LogP contribution in [-0.4, -0.2) is 5.91 Å². The Morgan fingerprint density at radius 1 is 1.30 bits per heavy atom. The lowest BCUT2D eigenvalue weighted by Crippen LogP contribution is -2.10. The first kappa shape index (κ1) is 14.6. The molecule has 0 aliphatic carbocycles. The summed E-state index contributed by atoms with van der Waals surface area (Å²) in [6.07, 6.45) is 3.47. The number of aryl methyl sites for hydroxylation is 2. The first-order valence-corrected chi connectivity index (χ1v) is 7.68. The fraction of sp³-hybridized carbons (Fsp3) is 0.312. The van der Waals surface area contributed by atoms with E-state index in [4.69, 9.17) is 5.73 Å². The van der Waals surface area contributed by atoms with E-state index < -0.39 is 0 Å². The Hall–Kier alpha value is -1.81. The summed E-state index contributed by atoms with van der Waals surface area (Å²) in [5.74, 6) is -0.101. The number of rotatable bonds is 5. The van der Waals surface area contributed by atoms with Crippen LogP contribution in [0.5, 0.6) is 0 Å². The highest BCUT2D eigenvalue weighted by atomic mass is 32.1. The molecule has 0 saturated carbocycles. The zero-order valence-electron chi connectivity index (χ0n) is 11.9. The van der Waals surface area contributed by atoms with Gasteiger partial charge in [-0.3, -0.25) is 4.79 Å². The predicted octanol–water partition coefficient (Wildman–Crippen LogP) is 4.23. The van der Waals surface area contributed by atoms with E-state index in [1.165, 1.54) is 29.7 Å². The maximum Gasteiger partial charge on any atom is 0.265 e. The van der Waals surface area contributed by atoms with E-state index in [0.717, 1.165) is 17.0 Å². The molecule has 0 unspecified atom stereocenters. The van der Waals surface area contributed by atoms with Crippen molar-refractivity contribution in [2.75, 3.05) is 11.1 Å². The predicted molar refractivity (Wildman–Crippen MR) is 86.5 cm³/mol. The number of unbranched alkanes of at least 4 members (excludes halogenated alkanes) is 1. The highest BCUT2D eigenvalue weighted by Gasteiger charge is 2.11. The number of benzene rings is 1. The van der Waals surface area contributed by atoms with Gasteiger partial charge in [-0.1, -0.05) is 25.5 Å². The lowest BCUT2D eigenvalue weighted by atomic mass is 10.1. The molecule has 0 saturated heterocycles. The van der Waals surface area contributed by atoms with Gasteiger partial charge in [-0.05, 0) is 43.5 Å². The number of hydrogen-bond acceptors (Lipinski definition) is 3. The number of carbonyl (C=O) groups is 1. The number of nitrogen functional groups attached to an aromatic ring is 1. The minimum Gasteiger partial charge on any atom is -0.398 e. The van der Waals surface area contributed by atoms with Crippen molar-refractivity contribution in [3.63, 3.8) is 0 Å². The minimum absolute atomic E-state index is 0.101. The largest absolute Gasteiger partial charge is 0.398 e. The van der Waals surface area contributed by atoms with Crippen LogP contribution in [0.15, 0.2) is 30.3 Å². The van der Waals surface area contributed by atoms with Crippen LogP contribution in [0.4, 0.5) is 11.4 Å². The average molecular weight is 288 g/mol. The second-order valence-corrected chi connectivity index (χ2v) is 6.13. The van der Waals surface area contributed by atoms with Gasteiger partial charge in [0.1, 0.15) is 0 Å². The number of amides is 1. The van der Waals surface area contributed by atoms with Gasteiger partial charge in [0.05, 0.1) is 4.88 Å². The van der Waals surface area contributed by atoms with Crippen LogP contribution >= 0.6 is 11.3 Å². The lowest BCUT2D eigenvalue weighted by Gasteiger charge is -2.05. The van der Waals surface area contributed by atoms with Crippen molar-refractivity contribution in [1.29, 1.82) is 0 Å². The molecule has 1 amide bonds. The molecule has 0 radical (unpaired) electrons. The number of hydrogen-bond donors (Lipinski definition) is 2. The molecule has 1 aromatic heterocycles. The molecule has 1 heterocycles. The zero-order chi connectivity index (χ0) is 14.5. The molecule has 2 aromatic rings. The number of carbonyl (C=O) groups excluding carboxylic acids is 1. The third kappa shape index (κ3) is 3.61. The smallest absolute Gasteiger partial charge is 0.265 e. The molecular formula is C16H20N2OS. The molecule has 4 heteroatoms. The molecule has 1 aromatic carbocycles. The summed E-state index contributed by atoms with van der Waals surface area (Å²) >= 11 is 1.42. The van der Waals surface area contributed by atoms with Gasteiger partial charge in [0.15, 0.2) is 0 Å². The fourth-order valence-corrected chi connectivity index (χ4v) is 2.77. The second kappa shape index (κ2) is 6.57. The number of nitrogens with one attached hydrogen (secondary N) is 1. The van der Waals surface area contributed by atoms with Crippen LogP contribution in [0.3, 0.4) is 0 Å². The monoisotopic (exact) mass is 288 g/mol. The van der Waals surface area contributed by atoms with Gasteiger partial charge < -0.3 is 11.1 Å². The standard InChI is InChI=1S/C16H20N2OS/c1-3-4-5-12-6-8-13(9-7-12)18-16(19)15-10-14(17)11(2)20-15/h6-10H,3-5,17H2,1-2H3,(H,18,19). The molecule has 0 bridgehead atoms. The van der Waals surface area contributed by atoms with E-state index in [1.54, 1.807) is 6.07 Å². The Labute approximate surface area is 123 Å². The normalized spacial score (nSPS) is 10.5. The van der Waals surface area contributed by atoms with E-state index in [0.29, 0.717) is 10.6 Å². The van der Waals surface area contributed by atoms with Gasteiger partial charge in [0, 0.05) is 16.3 Å². The van der Waals surface area contributed by atoms with Crippen molar-refractivity contribution in [3.05, 3.63) is 45.6 Å². The molecule has 3 N–H and O–H groups in total. The van der Waals surface area contributed by atoms with Crippen LogP contribution in [-0.2, 0) is 6.42 Å². The summed E-state index contributed by atoms with van der Waals surface area (Å²) in [4.78, 5) is 13.7. The molecule has 0 aliphatic rings. The summed E-state index contributed by atoms with van der Waals surface area (Å²) in [6, 6.07) is 9.77. The fourth-order valence-electron chi connectivity index (χ4n) is 1.94. The molecule has 106 valence electrons. The maximum atomic E-state index is 12.1. The van der Waals surface area contributed by atoms with Crippen LogP contribution < -0.4 is 11.1 Å². The molecule has 0 atom stereocenters. The van der Waals surface area contributed by atoms with Gasteiger partial charge in [0.25, 0.3) is 5.91 Å². The van der Waals surface area contributed by atoms with Crippen LogP contribution in [0, 0.1) is 6.92 Å². The summed E-state index contributed by atoms with van der Waals surface area (Å²) in [6.45, 7) is 4.10. The number of thiophene rings is 1. The first-order valence-electron chi connectivity index (χ1n) is 6.86. The quantitative estimate of drug-likeness (QED) is 0.865. The third-order valence-corrected chi connectivity index (χ3v) is 4.28. The Bertz CT molecular complexity index is 568. The lowest BCUT2D eigenvalue weighted by molar-refractivity contribution is 0.103. The van der Waals surface area contributed by atoms with Gasteiger partial charge in [-0.15, -0.1) is 11.3 Å². The topological polar surface area (TPSA) is 55.1 Å². The second-order valence-electron chi connectivity index (χ2n) is 4.88. The van der Waals surface area contributed by atoms with Gasteiger partial charge in [-0.25, -0.2) is 0 Å².